The summed E-state index contributed by atoms with van der Waals surface area (Å²) in [4.78, 5) is 15.7. The minimum Gasteiger partial charge on any atom is -0.306 e. The quantitative estimate of drug-likeness (QED) is 0.684. The van der Waals surface area contributed by atoms with Crippen molar-refractivity contribution >= 4 is 33.4 Å². The lowest BCUT2D eigenvalue weighted by Gasteiger charge is -2.31. The number of anilines is 1. The molecule has 0 aliphatic carbocycles. The molecule has 0 spiro atoms. The Morgan fingerprint density at radius 2 is 1.66 bits per heavy atom. The SMILES string of the molecule is CCN(CC)S(=O)(=O)c1ccc2c(c1)N(Cc1c(C)cc(C)cc1C)C(=O)CS2. The molecule has 0 radical (unpaired) electrons. The van der Waals surface area contributed by atoms with E-state index in [-0.39, 0.29) is 10.8 Å². The highest BCUT2D eigenvalue weighted by Crippen LogP contribution is 2.38. The fourth-order valence-electron chi connectivity index (χ4n) is 3.85. The molecule has 0 aromatic heterocycles. The van der Waals surface area contributed by atoms with Crippen molar-refractivity contribution < 1.29 is 13.2 Å². The first kappa shape index (κ1) is 21.9. The summed E-state index contributed by atoms with van der Waals surface area (Å²) < 4.78 is 27.4. The third-order valence-electron chi connectivity index (χ3n) is 5.37. The number of benzene rings is 2. The van der Waals surface area contributed by atoms with Gasteiger partial charge in [-0.15, -0.1) is 11.8 Å². The van der Waals surface area contributed by atoms with Gasteiger partial charge in [0.2, 0.25) is 15.9 Å². The van der Waals surface area contributed by atoms with Crippen LogP contribution in [0.3, 0.4) is 0 Å². The molecule has 1 heterocycles. The first-order valence-electron chi connectivity index (χ1n) is 9.83. The van der Waals surface area contributed by atoms with Gasteiger partial charge in [0.05, 0.1) is 22.9 Å². The van der Waals surface area contributed by atoms with Crippen LogP contribution in [0.4, 0.5) is 5.69 Å². The maximum absolute atomic E-state index is 13.0. The average Bonchev–Trinajstić information content (AvgIpc) is 2.66. The molecule has 5 nitrogen and oxygen atoms in total. The Kier molecular flexibility index (Phi) is 6.41. The zero-order chi connectivity index (χ0) is 21.3. The Hall–Kier alpha value is -1.83. The van der Waals surface area contributed by atoms with Gasteiger partial charge in [-0.3, -0.25) is 4.79 Å². The second kappa shape index (κ2) is 8.50. The summed E-state index contributed by atoms with van der Waals surface area (Å²) in [5.41, 5.74) is 5.26. The molecule has 29 heavy (non-hydrogen) atoms. The van der Waals surface area contributed by atoms with E-state index in [2.05, 4.69) is 32.9 Å². The second-order valence-corrected chi connectivity index (χ2v) is 10.3. The average molecular weight is 433 g/mol. The Labute approximate surface area is 178 Å². The molecule has 0 saturated carbocycles. The van der Waals surface area contributed by atoms with Crippen molar-refractivity contribution in [1.82, 2.24) is 4.31 Å². The van der Waals surface area contributed by atoms with Gasteiger partial charge >= 0.3 is 0 Å². The molecule has 1 amide bonds. The Bertz CT molecular complexity index is 1020. The molecule has 7 heteroatoms. The van der Waals surface area contributed by atoms with Gasteiger partial charge in [0.15, 0.2) is 0 Å². The molecule has 0 fully saturated rings. The Morgan fingerprint density at radius 3 is 2.24 bits per heavy atom. The van der Waals surface area contributed by atoms with Crippen LogP contribution in [-0.2, 0) is 21.4 Å². The number of fused-ring (bicyclic) bond motifs is 1. The smallest absolute Gasteiger partial charge is 0.243 e. The van der Waals surface area contributed by atoms with E-state index in [0.29, 0.717) is 31.1 Å². The van der Waals surface area contributed by atoms with E-state index in [1.807, 2.05) is 19.9 Å². The number of hydrogen-bond donors (Lipinski definition) is 0. The normalized spacial score (nSPS) is 14.4. The van der Waals surface area contributed by atoms with E-state index in [1.54, 1.807) is 17.0 Å². The molecule has 1 aliphatic rings. The van der Waals surface area contributed by atoms with Gasteiger partial charge in [-0.1, -0.05) is 31.5 Å². The number of rotatable bonds is 6. The van der Waals surface area contributed by atoms with Crippen LogP contribution in [0.5, 0.6) is 0 Å². The van der Waals surface area contributed by atoms with E-state index in [1.165, 1.54) is 21.6 Å². The van der Waals surface area contributed by atoms with Crippen LogP contribution in [0.25, 0.3) is 0 Å². The van der Waals surface area contributed by atoms with Crippen molar-refractivity contribution in [2.75, 3.05) is 23.7 Å². The fraction of sp³-hybridized carbons (Fsp3) is 0.409. The molecule has 1 aliphatic heterocycles. The first-order chi connectivity index (χ1) is 13.7. The van der Waals surface area contributed by atoms with Crippen LogP contribution >= 0.6 is 11.8 Å². The number of amides is 1. The van der Waals surface area contributed by atoms with Crippen LogP contribution in [0.1, 0.15) is 36.1 Å². The summed E-state index contributed by atoms with van der Waals surface area (Å²) in [6, 6.07) is 9.37. The van der Waals surface area contributed by atoms with E-state index in [9.17, 15) is 13.2 Å². The predicted octanol–water partition coefficient (Wildman–Crippen LogP) is 4.28. The highest BCUT2D eigenvalue weighted by Gasteiger charge is 2.29. The van der Waals surface area contributed by atoms with Crippen LogP contribution in [0.15, 0.2) is 40.1 Å². The summed E-state index contributed by atoms with van der Waals surface area (Å²) in [5, 5.41) is 0. The van der Waals surface area contributed by atoms with Crippen molar-refractivity contribution in [2.45, 2.75) is 51.0 Å². The van der Waals surface area contributed by atoms with Crippen molar-refractivity contribution in [3.63, 3.8) is 0 Å². The first-order valence-corrected chi connectivity index (χ1v) is 12.3. The number of nitrogens with zero attached hydrogens (tertiary/aromatic N) is 2. The van der Waals surface area contributed by atoms with Crippen LogP contribution in [0, 0.1) is 20.8 Å². The molecule has 3 rings (SSSR count). The summed E-state index contributed by atoms with van der Waals surface area (Å²) >= 11 is 1.46. The third kappa shape index (κ3) is 4.22. The molecular weight excluding hydrogens is 404 g/mol. The largest absolute Gasteiger partial charge is 0.306 e. The van der Waals surface area contributed by atoms with Gasteiger partial charge in [-0.05, 0) is 55.7 Å². The number of hydrogen-bond acceptors (Lipinski definition) is 4. The molecule has 0 N–H and O–H groups in total. The maximum Gasteiger partial charge on any atom is 0.243 e. The predicted molar refractivity (Wildman–Crippen MR) is 119 cm³/mol. The Balaban J connectivity index is 2.06. The minimum atomic E-state index is -3.58. The van der Waals surface area contributed by atoms with Gasteiger partial charge < -0.3 is 4.90 Å². The van der Waals surface area contributed by atoms with E-state index in [0.717, 1.165) is 21.6 Å². The highest BCUT2D eigenvalue weighted by atomic mass is 32.2. The van der Waals surface area contributed by atoms with Gasteiger partial charge in [0.25, 0.3) is 0 Å². The number of carbonyl (C=O) groups is 1. The van der Waals surface area contributed by atoms with Crippen molar-refractivity contribution in [1.29, 1.82) is 0 Å². The van der Waals surface area contributed by atoms with Crippen LogP contribution in [-0.4, -0.2) is 37.5 Å². The van der Waals surface area contributed by atoms with E-state index < -0.39 is 10.0 Å². The summed E-state index contributed by atoms with van der Waals surface area (Å²) in [5.74, 6) is 0.360. The fourth-order valence-corrected chi connectivity index (χ4v) is 6.24. The number of carbonyl (C=O) groups excluding carboxylic acids is 1. The summed E-state index contributed by atoms with van der Waals surface area (Å²) in [7, 11) is -3.58. The standard InChI is InChI=1S/C22H28N2O3S2/c1-6-23(7-2)29(26,27)18-8-9-21-20(12-18)24(22(25)14-28-21)13-19-16(4)10-15(3)11-17(19)5/h8-12H,6-7,13-14H2,1-5H3. The monoisotopic (exact) mass is 432 g/mol. The minimum absolute atomic E-state index is 0.000683. The third-order valence-corrected chi connectivity index (χ3v) is 8.47. The maximum atomic E-state index is 13.0. The van der Waals surface area contributed by atoms with Crippen molar-refractivity contribution in [3.8, 4) is 0 Å². The zero-order valence-corrected chi connectivity index (χ0v) is 19.3. The number of aryl methyl sites for hydroxylation is 3. The summed E-state index contributed by atoms with van der Waals surface area (Å²) in [6.07, 6.45) is 0. The number of thioether (sulfide) groups is 1. The number of sulfonamides is 1. The highest BCUT2D eigenvalue weighted by molar-refractivity contribution is 8.00. The van der Waals surface area contributed by atoms with E-state index in [4.69, 9.17) is 0 Å². The van der Waals surface area contributed by atoms with Crippen LogP contribution in [0.2, 0.25) is 0 Å². The van der Waals surface area contributed by atoms with E-state index >= 15 is 0 Å². The van der Waals surface area contributed by atoms with Gasteiger partial charge in [0.1, 0.15) is 0 Å². The van der Waals surface area contributed by atoms with Gasteiger partial charge in [-0.25, -0.2) is 8.42 Å². The molecule has 0 atom stereocenters. The lowest BCUT2D eigenvalue weighted by atomic mass is 9.99. The lowest BCUT2D eigenvalue weighted by molar-refractivity contribution is -0.116. The second-order valence-electron chi connectivity index (χ2n) is 7.36. The summed E-state index contributed by atoms with van der Waals surface area (Å²) in [6.45, 7) is 11.1. The van der Waals surface area contributed by atoms with Gasteiger partial charge in [-0.2, -0.15) is 4.31 Å². The Morgan fingerprint density at radius 1 is 1.03 bits per heavy atom. The van der Waals surface area contributed by atoms with Gasteiger partial charge in [0, 0.05) is 18.0 Å². The molecule has 2 aromatic rings. The molecule has 2 aromatic carbocycles. The zero-order valence-electron chi connectivity index (χ0n) is 17.7. The van der Waals surface area contributed by atoms with Crippen molar-refractivity contribution in [3.05, 3.63) is 52.6 Å². The molecular formula is C22H28N2O3S2. The molecule has 0 saturated heterocycles. The molecule has 156 valence electrons. The molecule has 0 unspecified atom stereocenters. The van der Waals surface area contributed by atoms with Crippen molar-refractivity contribution in [2.24, 2.45) is 0 Å². The van der Waals surface area contributed by atoms with Crippen LogP contribution < -0.4 is 4.90 Å². The topological polar surface area (TPSA) is 57.7 Å². The molecule has 0 bridgehead atoms. The lowest BCUT2D eigenvalue weighted by Crippen LogP contribution is -2.36.